The molecule has 0 aromatic heterocycles. The van der Waals surface area contributed by atoms with E-state index >= 15 is 0 Å². The molecule has 10 heteroatoms. The Morgan fingerprint density at radius 1 is 1.06 bits per heavy atom. The fourth-order valence-electron chi connectivity index (χ4n) is 3.60. The summed E-state index contributed by atoms with van der Waals surface area (Å²) in [4.78, 5) is 29.0. The highest BCUT2D eigenvalue weighted by Crippen LogP contribution is 2.27. The number of hydrogen-bond donors (Lipinski definition) is 1. The van der Waals surface area contributed by atoms with Crippen LogP contribution in [0.2, 0.25) is 0 Å². The maximum Gasteiger partial charge on any atom is 0.261 e. The number of para-hydroxylation sites is 1. The van der Waals surface area contributed by atoms with Crippen molar-refractivity contribution in [3.05, 3.63) is 53.6 Å². The Balaban J connectivity index is 1.94. The Hall–Kier alpha value is -3.11. The Bertz CT molecular complexity index is 1110. The van der Waals surface area contributed by atoms with Crippen molar-refractivity contribution in [3.63, 3.8) is 0 Å². The molecule has 0 spiro atoms. The van der Waals surface area contributed by atoms with Crippen molar-refractivity contribution in [3.8, 4) is 5.75 Å². The van der Waals surface area contributed by atoms with Gasteiger partial charge in [0.05, 0.1) is 42.0 Å². The molecule has 0 bridgehead atoms. The average molecular weight is 476 g/mol. The minimum absolute atomic E-state index is 0.106. The predicted molar refractivity (Wildman–Crippen MR) is 124 cm³/mol. The summed E-state index contributed by atoms with van der Waals surface area (Å²) in [5.41, 5.74) is 0.573. The molecule has 0 unspecified atom stereocenters. The van der Waals surface area contributed by atoms with Crippen LogP contribution in [-0.2, 0) is 14.8 Å². The van der Waals surface area contributed by atoms with Gasteiger partial charge in [-0.2, -0.15) is 0 Å². The molecule has 1 N–H and O–H groups in total. The van der Waals surface area contributed by atoms with E-state index in [1.54, 1.807) is 28.0 Å². The van der Waals surface area contributed by atoms with Gasteiger partial charge in [-0.3, -0.25) is 14.3 Å². The van der Waals surface area contributed by atoms with E-state index in [1.807, 2.05) is 13.8 Å². The lowest BCUT2D eigenvalue weighted by molar-refractivity contribution is 0.0300. The first-order valence-electron chi connectivity index (χ1n) is 10.8. The number of sulfonamides is 1. The molecule has 0 saturated carbocycles. The smallest absolute Gasteiger partial charge is 0.261 e. The Morgan fingerprint density at radius 2 is 1.73 bits per heavy atom. The Labute approximate surface area is 194 Å². The number of benzene rings is 2. The number of carbonyl (C=O) groups is 2. The lowest BCUT2D eigenvalue weighted by Gasteiger charge is -2.27. The number of amides is 2. The molecule has 1 saturated heterocycles. The van der Waals surface area contributed by atoms with E-state index in [9.17, 15) is 18.0 Å². The maximum absolute atomic E-state index is 13.2. The molecule has 2 amide bonds. The maximum atomic E-state index is 13.2. The van der Waals surface area contributed by atoms with Gasteiger partial charge in [0.25, 0.3) is 21.8 Å². The monoisotopic (exact) mass is 475 g/mol. The summed E-state index contributed by atoms with van der Waals surface area (Å²) in [5, 5.41) is 0. The van der Waals surface area contributed by atoms with Gasteiger partial charge in [0.1, 0.15) is 5.75 Å². The van der Waals surface area contributed by atoms with Crippen LogP contribution in [-0.4, -0.2) is 76.5 Å². The van der Waals surface area contributed by atoms with Crippen LogP contribution < -0.4 is 9.46 Å². The molecule has 0 radical (unpaired) electrons. The predicted octanol–water partition coefficient (Wildman–Crippen LogP) is 2.45. The van der Waals surface area contributed by atoms with Gasteiger partial charge in [-0.1, -0.05) is 12.1 Å². The molecule has 0 aliphatic carbocycles. The van der Waals surface area contributed by atoms with E-state index < -0.39 is 10.0 Å². The average Bonchev–Trinajstić information content (AvgIpc) is 2.84. The van der Waals surface area contributed by atoms with Gasteiger partial charge in [-0.05, 0) is 44.2 Å². The summed E-state index contributed by atoms with van der Waals surface area (Å²) < 4.78 is 39.5. The zero-order valence-corrected chi connectivity index (χ0v) is 19.9. The highest BCUT2D eigenvalue weighted by molar-refractivity contribution is 7.92. The van der Waals surface area contributed by atoms with Gasteiger partial charge in [-0.25, -0.2) is 8.42 Å². The molecule has 9 nitrogen and oxygen atoms in total. The van der Waals surface area contributed by atoms with Crippen molar-refractivity contribution in [2.75, 3.05) is 51.2 Å². The minimum Gasteiger partial charge on any atom is -0.496 e. The third-order valence-electron chi connectivity index (χ3n) is 5.46. The number of hydrogen-bond acceptors (Lipinski definition) is 6. The van der Waals surface area contributed by atoms with Crippen molar-refractivity contribution in [1.29, 1.82) is 0 Å². The first-order valence-corrected chi connectivity index (χ1v) is 12.3. The van der Waals surface area contributed by atoms with Gasteiger partial charge < -0.3 is 19.3 Å². The topological polar surface area (TPSA) is 105 Å². The molecular weight excluding hydrogens is 446 g/mol. The van der Waals surface area contributed by atoms with E-state index in [2.05, 4.69) is 4.72 Å². The zero-order chi connectivity index (χ0) is 24.0. The minimum atomic E-state index is -4.09. The molecule has 3 rings (SSSR count). The second kappa shape index (κ2) is 10.7. The SMILES string of the molecule is CCN(CC)C(=O)c1ccccc1NS(=O)(=O)c1ccc(OC)c(C(=O)N2CCOCC2)c1. The summed E-state index contributed by atoms with van der Waals surface area (Å²) in [6.07, 6.45) is 0. The third kappa shape index (κ3) is 5.45. The number of nitrogens with zero attached hydrogens (tertiary/aromatic N) is 2. The van der Waals surface area contributed by atoms with Crippen LogP contribution in [0.1, 0.15) is 34.6 Å². The molecule has 2 aromatic carbocycles. The van der Waals surface area contributed by atoms with Gasteiger partial charge in [0.2, 0.25) is 0 Å². The lowest BCUT2D eigenvalue weighted by atomic mass is 10.1. The van der Waals surface area contributed by atoms with E-state index in [1.165, 1.54) is 31.4 Å². The lowest BCUT2D eigenvalue weighted by Crippen LogP contribution is -2.40. The largest absolute Gasteiger partial charge is 0.496 e. The van der Waals surface area contributed by atoms with Crippen LogP contribution in [0.25, 0.3) is 0 Å². The molecule has 33 heavy (non-hydrogen) atoms. The van der Waals surface area contributed by atoms with Crippen molar-refractivity contribution in [1.82, 2.24) is 9.80 Å². The Morgan fingerprint density at radius 3 is 2.36 bits per heavy atom. The molecule has 178 valence electrons. The quantitative estimate of drug-likeness (QED) is 0.629. The number of nitrogens with one attached hydrogen (secondary N) is 1. The van der Waals surface area contributed by atoms with Crippen LogP contribution in [0.4, 0.5) is 5.69 Å². The number of morpholine rings is 1. The number of methoxy groups -OCH3 is 1. The zero-order valence-electron chi connectivity index (χ0n) is 19.0. The van der Waals surface area contributed by atoms with E-state index in [4.69, 9.17) is 9.47 Å². The van der Waals surface area contributed by atoms with Crippen molar-refractivity contribution >= 4 is 27.5 Å². The standard InChI is InChI=1S/C23H29N3O6S/c1-4-25(5-2)22(27)18-8-6-7-9-20(18)24-33(29,30)17-10-11-21(31-3)19(16-17)23(28)26-12-14-32-15-13-26/h6-11,16,24H,4-5,12-15H2,1-3H3. The van der Waals surface area contributed by atoms with Crippen molar-refractivity contribution in [2.24, 2.45) is 0 Å². The molecule has 1 aliphatic heterocycles. The summed E-state index contributed by atoms with van der Waals surface area (Å²) in [7, 11) is -2.67. The van der Waals surface area contributed by atoms with Gasteiger partial charge in [-0.15, -0.1) is 0 Å². The van der Waals surface area contributed by atoms with Crippen LogP contribution >= 0.6 is 0 Å². The van der Waals surface area contributed by atoms with Crippen molar-refractivity contribution in [2.45, 2.75) is 18.7 Å². The molecule has 1 fully saturated rings. The first-order chi connectivity index (χ1) is 15.8. The van der Waals surface area contributed by atoms with Crippen LogP contribution in [0.3, 0.4) is 0 Å². The number of ether oxygens (including phenoxy) is 2. The normalized spacial score (nSPS) is 14.0. The van der Waals surface area contributed by atoms with Crippen molar-refractivity contribution < 1.29 is 27.5 Å². The molecule has 0 atom stereocenters. The molecule has 1 heterocycles. The van der Waals surface area contributed by atoms with Gasteiger partial charge in [0.15, 0.2) is 0 Å². The second-order valence-corrected chi connectivity index (χ2v) is 9.08. The second-order valence-electron chi connectivity index (χ2n) is 7.40. The van der Waals surface area contributed by atoms with Gasteiger partial charge >= 0.3 is 0 Å². The molecule has 1 aliphatic rings. The van der Waals surface area contributed by atoms with Crippen LogP contribution in [0.15, 0.2) is 47.4 Å². The Kier molecular flexibility index (Phi) is 7.93. The number of anilines is 1. The summed E-state index contributed by atoms with van der Waals surface area (Å²) in [6.45, 7) is 6.40. The van der Waals surface area contributed by atoms with E-state index in [-0.39, 0.29) is 39.3 Å². The molecule has 2 aromatic rings. The summed E-state index contributed by atoms with van der Waals surface area (Å²) in [5.74, 6) is -0.317. The first kappa shape index (κ1) is 24.5. The highest BCUT2D eigenvalue weighted by Gasteiger charge is 2.26. The number of rotatable bonds is 8. The summed E-state index contributed by atoms with van der Waals surface area (Å²) >= 11 is 0. The fraction of sp³-hybridized carbons (Fsp3) is 0.391. The van der Waals surface area contributed by atoms with Crippen LogP contribution in [0.5, 0.6) is 5.75 Å². The van der Waals surface area contributed by atoms with Gasteiger partial charge in [0, 0.05) is 26.2 Å². The molecular formula is C23H29N3O6S. The fourth-order valence-corrected chi connectivity index (χ4v) is 4.71. The van der Waals surface area contributed by atoms with Crippen LogP contribution in [0, 0.1) is 0 Å². The van der Waals surface area contributed by atoms with E-state index in [0.29, 0.717) is 39.4 Å². The van der Waals surface area contributed by atoms with E-state index in [0.717, 1.165) is 0 Å². The summed E-state index contributed by atoms with van der Waals surface area (Å²) in [6, 6.07) is 10.6. The highest BCUT2D eigenvalue weighted by atomic mass is 32.2. The number of carbonyl (C=O) groups excluding carboxylic acids is 2. The third-order valence-corrected chi connectivity index (χ3v) is 6.83.